The number of nitrogens with zero attached hydrogens (tertiary/aromatic N) is 1. The molecule has 1 aromatic rings. The summed E-state index contributed by atoms with van der Waals surface area (Å²) in [7, 11) is 0. The first-order valence-corrected chi connectivity index (χ1v) is 7.66. The highest BCUT2D eigenvalue weighted by atomic mass is 32.2. The first-order valence-electron chi connectivity index (χ1n) is 6.67. The van der Waals surface area contributed by atoms with Crippen LogP contribution in [0, 0.1) is 0 Å². The van der Waals surface area contributed by atoms with Crippen molar-refractivity contribution >= 4 is 29.3 Å². The Kier molecular flexibility index (Phi) is 3.67. The molecule has 2 heterocycles. The molecule has 1 saturated heterocycles. The molecule has 0 unspecified atom stereocenters. The van der Waals surface area contributed by atoms with Crippen molar-refractivity contribution in [2.24, 2.45) is 0 Å². The average molecular weight is 292 g/mol. The minimum absolute atomic E-state index is 0.0412. The van der Waals surface area contributed by atoms with E-state index in [1.165, 1.54) is 11.8 Å². The third kappa shape index (κ3) is 2.66. The molecule has 1 atom stereocenters. The van der Waals surface area contributed by atoms with Gasteiger partial charge in [0.25, 0.3) is 5.91 Å². The largest absolute Gasteiger partial charge is 0.391 e. The average Bonchev–Trinajstić information content (AvgIpc) is 2.45. The van der Waals surface area contributed by atoms with E-state index < -0.39 is 6.10 Å². The second-order valence-electron chi connectivity index (χ2n) is 5.10. The van der Waals surface area contributed by atoms with Crippen LogP contribution in [0.2, 0.25) is 0 Å². The second kappa shape index (κ2) is 5.46. The van der Waals surface area contributed by atoms with Crippen molar-refractivity contribution in [2.75, 3.05) is 24.2 Å². The standard InChI is InChI=1S/C14H16N2O3S/c17-10-2-1-5-16(7-10)14(19)9-3-4-12-11(6-9)15-13(18)8-20-12/h3-4,6,10,17H,1-2,5,7-8H2,(H,15,18)/t10-/m0/s1. The summed E-state index contributed by atoms with van der Waals surface area (Å²) >= 11 is 1.48. The van der Waals surface area contributed by atoms with E-state index in [-0.39, 0.29) is 11.8 Å². The maximum absolute atomic E-state index is 12.4. The lowest BCUT2D eigenvalue weighted by Gasteiger charge is -2.30. The lowest BCUT2D eigenvalue weighted by atomic mass is 10.1. The van der Waals surface area contributed by atoms with Crippen LogP contribution in [-0.2, 0) is 4.79 Å². The van der Waals surface area contributed by atoms with Gasteiger partial charge in [-0.15, -0.1) is 11.8 Å². The van der Waals surface area contributed by atoms with Crippen LogP contribution in [0.25, 0.3) is 0 Å². The molecule has 1 fully saturated rings. The molecular formula is C14H16N2O3S. The number of carbonyl (C=O) groups excluding carboxylic acids is 2. The molecule has 3 rings (SSSR count). The van der Waals surface area contributed by atoms with Crippen LogP contribution in [0.15, 0.2) is 23.1 Å². The smallest absolute Gasteiger partial charge is 0.254 e. The highest BCUT2D eigenvalue weighted by Crippen LogP contribution is 2.32. The number of carbonyl (C=O) groups is 2. The summed E-state index contributed by atoms with van der Waals surface area (Å²) in [6.07, 6.45) is 1.14. The number of aliphatic hydroxyl groups excluding tert-OH is 1. The van der Waals surface area contributed by atoms with Gasteiger partial charge in [-0.25, -0.2) is 0 Å². The van der Waals surface area contributed by atoms with E-state index in [0.29, 0.717) is 30.1 Å². The van der Waals surface area contributed by atoms with Gasteiger partial charge in [-0.2, -0.15) is 0 Å². The number of nitrogens with one attached hydrogen (secondary N) is 1. The van der Waals surface area contributed by atoms with Gasteiger partial charge in [-0.05, 0) is 31.0 Å². The first-order chi connectivity index (χ1) is 9.63. The van der Waals surface area contributed by atoms with Crippen molar-refractivity contribution in [3.05, 3.63) is 23.8 Å². The highest BCUT2D eigenvalue weighted by Gasteiger charge is 2.24. The third-order valence-corrected chi connectivity index (χ3v) is 4.62. The topological polar surface area (TPSA) is 69.6 Å². The Morgan fingerprint density at radius 1 is 1.45 bits per heavy atom. The predicted octanol–water partition coefficient (Wildman–Crippen LogP) is 1.33. The molecule has 6 heteroatoms. The zero-order chi connectivity index (χ0) is 14.1. The molecule has 2 N–H and O–H groups in total. The predicted molar refractivity (Wildman–Crippen MR) is 76.9 cm³/mol. The van der Waals surface area contributed by atoms with Crippen LogP contribution >= 0.6 is 11.8 Å². The number of rotatable bonds is 1. The Balaban J connectivity index is 1.81. The van der Waals surface area contributed by atoms with Crippen molar-refractivity contribution in [3.63, 3.8) is 0 Å². The van der Waals surface area contributed by atoms with Gasteiger partial charge >= 0.3 is 0 Å². The molecule has 5 nitrogen and oxygen atoms in total. The Hall–Kier alpha value is -1.53. The monoisotopic (exact) mass is 292 g/mol. The summed E-state index contributed by atoms with van der Waals surface area (Å²) in [5, 5.41) is 12.4. The van der Waals surface area contributed by atoms with Gasteiger partial charge in [0.15, 0.2) is 0 Å². The summed E-state index contributed by atoms with van der Waals surface area (Å²) in [6, 6.07) is 5.38. The molecule has 0 bridgehead atoms. The molecular weight excluding hydrogens is 276 g/mol. The van der Waals surface area contributed by atoms with Gasteiger partial charge in [-0.3, -0.25) is 9.59 Å². The van der Waals surface area contributed by atoms with E-state index in [2.05, 4.69) is 5.32 Å². The lowest BCUT2D eigenvalue weighted by Crippen LogP contribution is -2.42. The molecule has 2 amide bonds. The van der Waals surface area contributed by atoms with Gasteiger partial charge in [0.05, 0.1) is 17.5 Å². The minimum atomic E-state index is -0.430. The molecule has 0 saturated carbocycles. The highest BCUT2D eigenvalue weighted by molar-refractivity contribution is 8.00. The van der Waals surface area contributed by atoms with Crippen LogP contribution in [-0.4, -0.2) is 46.8 Å². The number of benzene rings is 1. The van der Waals surface area contributed by atoms with Crippen molar-refractivity contribution in [3.8, 4) is 0 Å². The van der Waals surface area contributed by atoms with Gasteiger partial charge in [-0.1, -0.05) is 0 Å². The summed E-state index contributed by atoms with van der Waals surface area (Å²) in [5.41, 5.74) is 1.26. The summed E-state index contributed by atoms with van der Waals surface area (Å²) in [5.74, 6) is 0.287. The molecule has 0 radical (unpaired) electrons. The molecule has 0 spiro atoms. The fourth-order valence-corrected chi connectivity index (χ4v) is 3.33. The Morgan fingerprint density at radius 3 is 3.10 bits per heavy atom. The molecule has 2 aliphatic heterocycles. The Labute approximate surface area is 121 Å². The van der Waals surface area contributed by atoms with E-state index >= 15 is 0 Å². The number of aliphatic hydroxyl groups is 1. The van der Waals surface area contributed by atoms with Gasteiger partial charge < -0.3 is 15.3 Å². The van der Waals surface area contributed by atoms with E-state index in [1.807, 2.05) is 6.07 Å². The fraction of sp³-hybridized carbons (Fsp3) is 0.429. The first kappa shape index (κ1) is 13.5. The maximum Gasteiger partial charge on any atom is 0.254 e. The SMILES string of the molecule is O=C1CSc2ccc(C(=O)N3CCC[C@H](O)C3)cc2N1. The summed E-state index contributed by atoms with van der Waals surface area (Å²) in [4.78, 5) is 26.5. The summed E-state index contributed by atoms with van der Waals surface area (Å²) in [6.45, 7) is 1.06. The van der Waals surface area contributed by atoms with Crippen LogP contribution in [0.1, 0.15) is 23.2 Å². The van der Waals surface area contributed by atoms with Crippen molar-refractivity contribution < 1.29 is 14.7 Å². The number of anilines is 1. The maximum atomic E-state index is 12.4. The zero-order valence-electron chi connectivity index (χ0n) is 11.0. The number of piperidine rings is 1. The van der Waals surface area contributed by atoms with Gasteiger partial charge in [0, 0.05) is 23.5 Å². The van der Waals surface area contributed by atoms with Gasteiger partial charge in [0.1, 0.15) is 0 Å². The molecule has 2 aliphatic rings. The second-order valence-corrected chi connectivity index (χ2v) is 6.11. The summed E-state index contributed by atoms with van der Waals surface area (Å²) < 4.78 is 0. The van der Waals surface area contributed by atoms with E-state index in [9.17, 15) is 14.7 Å². The molecule has 20 heavy (non-hydrogen) atoms. The third-order valence-electron chi connectivity index (χ3n) is 3.54. The Morgan fingerprint density at radius 2 is 2.30 bits per heavy atom. The number of hydrogen-bond acceptors (Lipinski definition) is 4. The van der Waals surface area contributed by atoms with Crippen molar-refractivity contribution in [2.45, 2.75) is 23.8 Å². The van der Waals surface area contributed by atoms with Crippen molar-refractivity contribution in [1.82, 2.24) is 4.90 Å². The van der Waals surface area contributed by atoms with Crippen LogP contribution in [0.5, 0.6) is 0 Å². The Bertz CT molecular complexity index is 561. The van der Waals surface area contributed by atoms with Crippen LogP contribution in [0.4, 0.5) is 5.69 Å². The fourth-order valence-electron chi connectivity index (χ4n) is 2.54. The van der Waals surface area contributed by atoms with E-state index in [0.717, 1.165) is 17.7 Å². The van der Waals surface area contributed by atoms with E-state index in [4.69, 9.17) is 0 Å². The van der Waals surface area contributed by atoms with Gasteiger partial charge in [0.2, 0.25) is 5.91 Å². The molecule has 1 aromatic carbocycles. The van der Waals surface area contributed by atoms with Crippen LogP contribution in [0.3, 0.4) is 0 Å². The molecule has 0 aromatic heterocycles. The minimum Gasteiger partial charge on any atom is -0.391 e. The zero-order valence-corrected chi connectivity index (χ0v) is 11.8. The van der Waals surface area contributed by atoms with E-state index in [1.54, 1.807) is 17.0 Å². The number of amides is 2. The molecule has 0 aliphatic carbocycles. The number of fused-ring (bicyclic) bond motifs is 1. The van der Waals surface area contributed by atoms with Crippen LogP contribution < -0.4 is 5.32 Å². The van der Waals surface area contributed by atoms with Crippen molar-refractivity contribution in [1.29, 1.82) is 0 Å². The quantitative estimate of drug-likeness (QED) is 0.819. The normalized spacial score (nSPS) is 22.1. The number of thioether (sulfide) groups is 1. The number of β-amino-alcohol motifs (C(OH)–C–C–N with tert-alkyl or cyclic N) is 1. The lowest BCUT2D eigenvalue weighted by molar-refractivity contribution is -0.113. The number of likely N-dealkylation sites (tertiary alicyclic amines) is 1. The molecule has 106 valence electrons. The number of hydrogen-bond donors (Lipinski definition) is 2.